The summed E-state index contributed by atoms with van der Waals surface area (Å²) >= 11 is 0. The van der Waals surface area contributed by atoms with Crippen LogP contribution in [0.15, 0.2) is 18.2 Å². The average molecular weight is 359 g/mol. The fraction of sp³-hybridized carbons (Fsp3) is 0.526. The molecule has 7 nitrogen and oxygen atoms in total. The van der Waals surface area contributed by atoms with E-state index in [2.05, 4.69) is 17.6 Å². The molecule has 1 saturated heterocycles. The van der Waals surface area contributed by atoms with Gasteiger partial charge >= 0.3 is 0 Å². The summed E-state index contributed by atoms with van der Waals surface area (Å²) in [5, 5.41) is 5.67. The molecule has 2 aliphatic rings. The molecule has 2 N–H and O–H groups in total. The van der Waals surface area contributed by atoms with Gasteiger partial charge in [-0.3, -0.25) is 14.4 Å². The van der Waals surface area contributed by atoms with Crippen molar-refractivity contribution in [3.63, 3.8) is 0 Å². The second kappa shape index (κ2) is 8.21. The van der Waals surface area contributed by atoms with Crippen molar-refractivity contribution >= 4 is 23.4 Å². The lowest BCUT2D eigenvalue weighted by molar-refractivity contribution is -0.126. The number of unbranched alkanes of at least 4 members (excludes halogenated alkanes) is 1. The van der Waals surface area contributed by atoms with Gasteiger partial charge in [0.15, 0.2) is 6.61 Å². The Bertz CT molecular complexity index is 704. The number of benzene rings is 1. The molecular formula is C19H25N3O4. The lowest BCUT2D eigenvalue weighted by atomic mass is 9.96. The van der Waals surface area contributed by atoms with Crippen molar-refractivity contribution in [3.05, 3.63) is 23.8 Å². The summed E-state index contributed by atoms with van der Waals surface area (Å²) in [6.45, 7) is 3.81. The number of fused-ring (bicyclic) bond motifs is 1. The fourth-order valence-electron chi connectivity index (χ4n) is 3.30. The summed E-state index contributed by atoms with van der Waals surface area (Å²) in [5.74, 6) is 0.0652. The molecule has 1 fully saturated rings. The first-order chi connectivity index (χ1) is 12.6. The smallest absolute Gasteiger partial charge is 0.262 e. The molecule has 0 bridgehead atoms. The second-order valence-corrected chi connectivity index (χ2v) is 6.78. The Morgan fingerprint density at radius 3 is 3.04 bits per heavy atom. The standard InChI is InChI=1S/C19H25N3O4/c1-2-3-8-20-18(24)14-5-4-9-22(11-14)19(25)13-6-7-15-16(10-13)26-12-17(23)21-15/h6-7,10,14H,2-5,8-9,11-12H2,1H3,(H,20,24)(H,21,23). The van der Waals surface area contributed by atoms with E-state index in [1.54, 1.807) is 23.1 Å². The van der Waals surface area contributed by atoms with Crippen molar-refractivity contribution in [1.29, 1.82) is 0 Å². The van der Waals surface area contributed by atoms with Gasteiger partial charge in [-0.15, -0.1) is 0 Å². The minimum absolute atomic E-state index is 0.0347. The summed E-state index contributed by atoms with van der Waals surface area (Å²) < 4.78 is 5.38. The topological polar surface area (TPSA) is 87.7 Å². The van der Waals surface area contributed by atoms with Gasteiger partial charge in [0.2, 0.25) is 5.91 Å². The van der Waals surface area contributed by atoms with Crippen LogP contribution < -0.4 is 15.4 Å². The summed E-state index contributed by atoms with van der Waals surface area (Å²) in [5.41, 5.74) is 1.08. The van der Waals surface area contributed by atoms with Gasteiger partial charge in [0.1, 0.15) is 5.75 Å². The normalized spacial score (nSPS) is 19.2. The van der Waals surface area contributed by atoms with Gasteiger partial charge in [0.25, 0.3) is 11.8 Å². The minimum Gasteiger partial charge on any atom is -0.482 e. The van der Waals surface area contributed by atoms with E-state index < -0.39 is 0 Å². The number of carbonyl (C=O) groups is 3. The van der Waals surface area contributed by atoms with Crippen molar-refractivity contribution < 1.29 is 19.1 Å². The Morgan fingerprint density at radius 1 is 1.38 bits per heavy atom. The van der Waals surface area contributed by atoms with E-state index >= 15 is 0 Å². The van der Waals surface area contributed by atoms with Gasteiger partial charge in [0, 0.05) is 25.2 Å². The number of rotatable bonds is 5. The zero-order valence-corrected chi connectivity index (χ0v) is 15.0. The van der Waals surface area contributed by atoms with E-state index in [1.807, 2.05) is 0 Å². The first kappa shape index (κ1) is 18.2. The third-order valence-corrected chi connectivity index (χ3v) is 4.77. The quantitative estimate of drug-likeness (QED) is 0.785. The second-order valence-electron chi connectivity index (χ2n) is 6.78. The highest BCUT2D eigenvalue weighted by atomic mass is 16.5. The van der Waals surface area contributed by atoms with E-state index in [0.29, 0.717) is 36.6 Å². The molecule has 3 rings (SSSR count). The number of amides is 3. The predicted octanol–water partition coefficient (Wildman–Crippen LogP) is 1.79. The van der Waals surface area contributed by atoms with Crippen LogP contribution in [0.25, 0.3) is 0 Å². The summed E-state index contributed by atoms with van der Waals surface area (Å²) in [6, 6.07) is 5.02. The maximum Gasteiger partial charge on any atom is 0.262 e. The van der Waals surface area contributed by atoms with Crippen LogP contribution in [-0.2, 0) is 9.59 Å². The first-order valence-corrected chi connectivity index (χ1v) is 9.22. The van der Waals surface area contributed by atoms with Crippen LogP contribution in [0.1, 0.15) is 43.0 Å². The highest BCUT2D eigenvalue weighted by molar-refractivity contribution is 5.99. The maximum absolute atomic E-state index is 12.8. The Kier molecular flexibility index (Phi) is 5.75. The summed E-state index contributed by atoms with van der Waals surface area (Å²) in [4.78, 5) is 38.2. The zero-order valence-electron chi connectivity index (χ0n) is 15.0. The number of anilines is 1. The molecule has 1 aromatic carbocycles. The fourth-order valence-corrected chi connectivity index (χ4v) is 3.30. The van der Waals surface area contributed by atoms with E-state index in [9.17, 15) is 14.4 Å². The summed E-state index contributed by atoms with van der Waals surface area (Å²) in [6.07, 6.45) is 3.62. The van der Waals surface area contributed by atoms with Crippen LogP contribution in [-0.4, -0.2) is 48.9 Å². The molecule has 0 saturated carbocycles. The SMILES string of the molecule is CCCCNC(=O)C1CCCN(C(=O)c2ccc3c(c2)OCC(=O)N3)C1. The van der Waals surface area contributed by atoms with Crippen molar-refractivity contribution in [2.24, 2.45) is 5.92 Å². The number of hydrogen-bond acceptors (Lipinski definition) is 4. The first-order valence-electron chi connectivity index (χ1n) is 9.22. The highest BCUT2D eigenvalue weighted by Gasteiger charge is 2.29. The number of nitrogens with zero attached hydrogens (tertiary/aromatic N) is 1. The van der Waals surface area contributed by atoms with Crippen LogP contribution >= 0.6 is 0 Å². The lowest BCUT2D eigenvalue weighted by Gasteiger charge is -2.32. The molecule has 7 heteroatoms. The molecule has 0 spiro atoms. The molecule has 3 amide bonds. The third-order valence-electron chi connectivity index (χ3n) is 4.77. The monoisotopic (exact) mass is 359 g/mol. The van der Waals surface area contributed by atoms with Crippen molar-refractivity contribution in [2.75, 3.05) is 31.6 Å². The summed E-state index contributed by atoms with van der Waals surface area (Å²) in [7, 11) is 0. The third kappa shape index (κ3) is 4.15. The lowest BCUT2D eigenvalue weighted by Crippen LogP contribution is -2.45. The van der Waals surface area contributed by atoms with Gasteiger partial charge in [-0.05, 0) is 37.5 Å². The number of ether oxygens (including phenoxy) is 1. The molecular weight excluding hydrogens is 334 g/mol. The molecule has 1 aromatic rings. The van der Waals surface area contributed by atoms with Gasteiger partial charge in [-0.2, -0.15) is 0 Å². The molecule has 0 aromatic heterocycles. The molecule has 0 radical (unpaired) electrons. The number of piperidine rings is 1. The maximum atomic E-state index is 12.8. The number of likely N-dealkylation sites (tertiary alicyclic amines) is 1. The average Bonchev–Trinajstić information content (AvgIpc) is 2.67. The Hall–Kier alpha value is -2.57. The molecule has 1 atom stereocenters. The molecule has 26 heavy (non-hydrogen) atoms. The van der Waals surface area contributed by atoms with Crippen molar-refractivity contribution in [3.8, 4) is 5.75 Å². The number of carbonyl (C=O) groups excluding carboxylic acids is 3. The van der Waals surface area contributed by atoms with Crippen molar-refractivity contribution in [2.45, 2.75) is 32.6 Å². The van der Waals surface area contributed by atoms with Crippen LogP contribution in [0.2, 0.25) is 0 Å². The van der Waals surface area contributed by atoms with E-state index in [4.69, 9.17) is 4.74 Å². The number of nitrogens with one attached hydrogen (secondary N) is 2. The van der Waals surface area contributed by atoms with E-state index in [-0.39, 0.29) is 30.2 Å². The Morgan fingerprint density at radius 2 is 2.23 bits per heavy atom. The molecule has 2 aliphatic heterocycles. The molecule has 0 aliphatic carbocycles. The number of hydrogen-bond donors (Lipinski definition) is 2. The molecule has 2 heterocycles. The largest absolute Gasteiger partial charge is 0.482 e. The van der Waals surface area contributed by atoms with Gasteiger partial charge in [-0.1, -0.05) is 13.3 Å². The Balaban J connectivity index is 1.64. The van der Waals surface area contributed by atoms with Crippen LogP contribution in [0.5, 0.6) is 5.75 Å². The van der Waals surface area contributed by atoms with E-state index in [1.165, 1.54) is 0 Å². The van der Waals surface area contributed by atoms with Gasteiger partial charge < -0.3 is 20.3 Å². The zero-order chi connectivity index (χ0) is 18.5. The Labute approximate surface area is 153 Å². The van der Waals surface area contributed by atoms with E-state index in [0.717, 1.165) is 25.7 Å². The van der Waals surface area contributed by atoms with Crippen LogP contribution in [0.4, 0.5) is 5.69 Å². The molecule has 140 valence electrons. The predicted molar refractivity (Wildman–Crippen MR) is 97.1 cm³/mol. The van der Waals surface area contributed by atoms with Crippen LogP contribution in [0.3, 0.4) is 0 Å². The van der Waals surface area contributed by atoms with Gasteiger partial charge in [-0.25, -0.2) is 0 Å². The van der Waals surface area contributed by atoms with Crippen LogP contribution in [0, 0.1) is 5.92 Å². The van der Waals surface area contributed by atoms with Gasteiger partial charge in [0.05, 0.1) is 11.6 Å². The van der Waals surface area contributed by atoms with Crippen molar-refractivity contribution in [1.82, 2.24) is 10.2 Å². The molecule has 1 unspecified atom stereocenters. The minimum atomic E-state index is -0.204. The highest BCUT2D eigenvalue weighted by Crippen LogP contribution is 2.29.